The smallest absolute Gasteiger partial charge is 0.148 e. The van der Waals surface area contributed by atoms with E-state index in [1.165, 1.54) is 12.1 Å². The third-order valence-corrected chi connectivity index (χ3v) is 2.32. The number of hydrogen-bond acceptors (Lipinski definition) is 2. The Morgan fingerprint density at radius 3 is 2.67 bits per heavy atom. The van der Waals surface area contributed by atoms with Gasteiger partial charge in [0, 0.05) is 0 Å². The maximum atomic E-state index is 12.7. The van der Waals surface area contributed by atoms with Gasteiger partial charge >= 0.3 is 0 Å². The lowest BCUT2D eigenvalue weighted by atomic mass is 10.2. The minimum atomic E-state index is -0.236. The fourth-order valence-corrected chi connectivity index (χ4v) is 1.51. The van der Waals surface area contributed by atoms with Crippen LogP contribution < -0.4 is 0 Å². The van der Waals surface area contributed by atoms with Crippen molar-refractivity contribution in [1.29, 1.82) is 0 Å². The molecule has 2 rings (SSSR count). The Morgan fingerprint density at radius 1 is 1.27 bits per heavy atom. The van der Waals surface area contributed by atoms with Crippen LogP contribution in [0.3, 0.4) is 0 Å². The van der Waals surface area contributed by atoms with Crippen LogP contribution in [-0.2, 0) is 12.4 Å². The SMILES string of the molecule is Fc1ccc(Cn2cnnc2CCl)cc1. The Hall–Kier alpha value is -1.42. The molecule has 0 aliphatic rings. The highest BCUT2D eigenvalue weighted by molar-refractivity contribution is 6.16. The topological polar surface area (TPSA) is 30.7 Å². The number of rotatable bonds is 3. The van der Waals surface area contributed by atoms with Crippen molar-refractivity contribution in [2.75, 3.05) is 0 Å². The van der Waals surface area contributed by atoms with Crippen LogP contribution in [0.5, 0.6) is 0 Å². The maximum absolute atomic E-state index is 12.7. The first-order valence-corrected chi connectivity index (χ1v) is 5.00. The maximum Gasteiger partial charge on any atom is 0.148 e. The molecule has 0 saturated carbocycles. The third-order valence-electron chi connectivity index (χ3n) is 2.08. The van der Waals surface area contributed by atoms with E-state index in [1.54, 1.807) is 18.5 Å². The van der Waals surface area contributed by atoms with E-state index >= 15 is 0 Å². The molecule has 0 fully saturated rings. The van der Waals surface area contributed by atoms with Crippen molar-refractivity contribution in [3.63, 3.8) is 0 Å². The van der Waals surface area contributed by atoms with Crippen molar-refractivity contribution in [3.05, 3.63) is 47.8 Å². The zero-order valence-electron chi connectivity index (χ0n) is 7.90. The van der Waals surface area contributed by atoms with Gasteiger partial charge in [-0.15, -0.1) is 21.8 Å². The lowest BCUT2D eigenvalue weighted by molar-refractivity contribution is 0.626. The van der Waals surface area contributed by atoms with E-state index in [9.17, 15) is 4.39 Å². The molecule has 0 aliphatic carbocycles. The second kappa shape index (κ2) is 4.40. The van der Waals surface area contributed by atoms with Crippen molar-refractivity contribution in [2.45, 2.75) is 12.4 Å². The van der Waals surface area contributed by atoms with Gasteiger partial charge in [-0.1, -0.05) is 12.1 Å². The molecule has 0 amide bonds. The van der Waals surface area contributed by atoms with Crippen LogP contribution in [0.15, 0.2) is 30.6 Å². The predicted octanol–water partition coefficient (Wildman–Crippen LogP) is 2.20. The fraction of sp³-hybridized carbons (Fsp3) is 0.200. The first-order chi connectivity index (χ1) is 7.29. The zero-order chi connectivity index (χ0) is 10.7. The number of hydrogen-bond donors (Lipinski definition) is 0. The number of nitrogens with zero attached hydrogens (tertiary/aromatic N) is 3. The second-order valence-corrected chi connectivity index (χ2v) is 3.40. The van der Waals surface area contributed by atoms with E-state index in [4.69, 9.17) is 11.6 Å². The van der Waals surface area contributed by atoms with E-state index in [0.29, 0.717) is 18.2 Å². The van der Waals surface area contributed by atoms with Gasteiger partial charge < -0.3 is 4.57 Å². The molecular formula is C10H9ClFN3. The Bertz CT molecular complexity index is 438. The first kappa shape index (κ1) is 10.1. The molecule has 2 aromatic rings. The van der Waals surface area contributed by atoms with Gasteiger partial charge in [-0.25, -0.2) is 4.39 Å². The van der Waals surface area contributed by atoms with Crippen molar-refractivity contribution < 1.29 is 4.39 Å². The molecule has 1 heterocycles. The molecule has 1 aromatic heterocycles. The third kappa shape index (κ3) is 2.33. The van der Waals surface area contributed by atoms with Gasteiger partial charge in [0.2, 0.25) is 0 Å². The average Bonchev–Trinajstić information content (AvgIpc) is 2.69. The minimum absolute atomic E-state index is 0.236. The van der Waals surface area contributed by atoms with Crippen LogP contribution in [0.1, 0.15) is 11.4 Å². The van der Waals surface area contributed by atoms with Crippen LogP contribution in [-0.4, -0.2) is 14.8 Å². The molecule has 0 atom stereocenters. The van der Waals surface area contributed by atoms with E-state index in [2.05, 4.69) is 10.2 Å². The van der Waals surface area contributed by atoms with Gasteiger partial charge in [-0.3, -0.25) is 0 Å². The predicted molar refractivity (Wildman–Crippen MR) is 55.1 cm³/mol. The van der Waals surface area contributed by atoms with Crippen molar-refractivity contribution in [2.24, 2.45) is 0 Å². The van der Waals surface area contributed by atoms with E-state index in [0.717, 1.165) is 5.56 Å². The summed E-state index contributed by atoms with van der Waals surface area (Å²) in [6, 6.07) is 6.32. The van der Waals surface area contributed by atoms with E-state index in [-0.39, 0.29) is 5.82 Å². The first-order valence-electron chi connectivity index (χ1n) is 4.46. The Labute approximate surface area is 91.5 Å². The molecule has 0 unspecified atom stereocenters. The van der Waals surface area contributed by atoms with Crippen LogP contribution >= 0.6 is 11.6 Å². The van der Waals surface area contributed by atoms with E-state index < -0.39 is 0 Å². The molecule has 0 bridgehead atoms. The van der Waals surface area contributed by atoms with Crippen LogP contribution in [0, 0.1) is 5.82 Å². The molecule has 0 aliphatic heterocycles. The molecule has 0 saturated heterocycles. The summed E-state index contributed by atoms with van der Waals surface area (Å²) >= 11 is 5.68. The summed E-state index contributed by atoms with van der Waals surface area (Å²) in [7, 11) is 0. The summed E-state index contributed by atoms with van der Waals surface area (Å²) in [5, 5.41) is 7.62. The molecule has 0 N–H and O–H groups in total. The summed E-state index contributed by atoms with van der Waals surface area (Å²) in [4.78, 5) is 0. The highest BCUT2D eigenvalue weighted by Crippen LogP contribution is 2.07. The Morgan fingerprint density at radius 2 is 2.00 bits per heavy atom. The van der Waals surface area contributed by atoms with Crippen molar-refractivity contribution >= 4 is 11.6 Å². The summed E-state index contributed by atoms with van der Waals surface area (Å²) in [5.41, 5.74) is 0.988. The summed E-state index contributed by atoms with van der Waals surface area (Å²) < 4.78 is 14.5. The fourth-order valence-electron chi connectivity index (χ4n) is 1.30. The van der Waals surface area contributed by atoms with Crippen LogP contribution in [0.25, 0.3) is 0 Å². The summed E-state index contributed by atoms with van der Waals surface area (Å²) in [5.74, 6) is 0.794. The number of benzene rings is 1. The number of halogens is 2. The summed E-state index contributed by atoms with van der Waals surface area (Å²) in [6.07, 6.45) is 1.61. The molecule has 3 nitrogen and oxygen atoms in total. The largest absolute Gasteiger partial charge is 0.312 e. The van der Waals surface area contributed by atoms with Gasteiger partial charge in [0.05, 0.1) is 12.4 Å². The lowest BCUT2D eigenvalue weighted by Gasteiger charge is -2.04. The average molecular weight is 226 g/mol. The number of alkyl halides is 1. The Kier molecular flexibility index (Phi) is 2.97. The van der Waals surface area contributed by atoms with Crippen LogP contribution in [0.2, 0.25) is 0 Å². The zero-order valence-corrected chi connectivity index (χ0v) is 8.65. The van der Waals surface area contributed by atoms with Gasteiger partial charge in [0.15, 0.2) is 0 Å². The molecule has 1 aromatic carbocycles. The Balaban J connectivity index is 2.18. The van der Waals surface area contributed by atoms with Gasteiger partial charge in [-0.2, -0.15) is 0 Å². The van der Waals surface area contributed by atoms with Crippen molar-refractivity contribution in [3.8, 4) is 0 Å². The lowest BCUT2D eigenvalue weighted by Crippen LogP contribution is -2.02. The molecule has 78 valence electrons. The van der Waals surface area contributed by atoms with Crippen LogP contribution in [0.4, 0.5) is 4.39 Å². The van der Waals surface area contributed by atoms with Gasteiger partial charge in [0.25, 0.3) is 0 Å². The minimum Gasteiger partial charge on any atom is -0.312 e. The highest BCUT2D eigenvalue weighted by Gasteiger charge is 2.03. The summed E-state index contributed by atoms with van der Waals surface area (Å²) in [6.45, 7) is 0.606. The number of aromatic nitrogens is 3. The second-order valence-electron chi connectivity index (χ2n) is 3.14. The monoisotopic (exact) mass is 225 g/mol. The quantitative estimate of drug-likeness (QED) is 0.750. The molecule has 5 heteroatoms. The normalized spacial score (nSPS) is 10.5. The molecule has 15 heavy (non-hydrogen) atoms. The molecule has 0 radical (unpaired) electrons. The molecular weight excluding hydrogens is 217 g/mol. The van der Waals surface area contributed by atoms with Gasteiger partial charge in [-0.05, 0) is 17.7 Å². The van der Waals surface area contributed by atoms with Crippen molar-refractivity contribution in [1.82, 2.24) is 14.8 Å². The van der Waals surface area contributed by atoms with Gasteiger partial charge in [0.1, 0.15) is 18.0 Å². The highest BCUT2D eigenvalue weighted by atomic mass is 35.5. The van der Waals surface area contributed by atoms with E-state index in [1.807, 2.05) is 4.57 Å². The standard InChI is InChI=1S/C10H9ClFN3/c11-5-10-14-13-7-15(10)6-8-1-3-9(12)4-2-8/h1-4,7H,5-6H2. The molecule has 0 spiro atoms.